The molecule has 100 valence electrons. The molecule has 0 aliphatic rings. The molecule has 4 nitrogen and oxygen atoms in total. The maximum Gasteiger partial charge on any atom is 0.171 e. The number of nitrogens with zero attached hydrogens (tertiary/aromatic N) is 4. The molecule has 20 heavy (non-hydrogen) atoms. The van der Waals surface area contributed by atoms with Crippen LogP contribution in [0.25, 0.3) is 16.8 Å². The molecule has 0 aliphatic heterocycles. The predicted octanol–water partition coefficient (Wildman–Crippen LogP) is 3.78. The van der Waals surface area contributed by atoms with Gasteiger partial charge in [0.1, 0.15) is 5.82 Å². The van der Waals surface area contributed by atoms with Crippen molar-refractivity contribution in [3.8, 4) is 16.8 Å². The fraction of sp³-hybridized carbons (Fsp3) is 0. The van der Waals surface area contributed by atoms with Gasteiger partial charge in [0.2, 0.25) is 0 Å². The van der Waals surface area contributed by atoms with E-state index < -0.39 is 5.82 Å². The molecule has 2 heterocycles. The summed E-state index contributed by atoms with van der Waals surface area (Å²) in [6, 6.07) is 6.64. The van der Waals surface area contributed by atoms with Crippen LogP contribution in [0.3, 0.4) is 0 Å². The first-order valence-corrected chi connectivity index (χ1v) is 6.38. The second-order valence-electron chi connectivity index (χ2n) is 4.00. The van der Waals surface area contributed by atoms with Gasteiger partial charge in [-0.15, -0.1) is 5.10 Å². The number of halogens is 3. The number of rotatable bonds is 2. The fourth-order valence-electron chi connectivity index (χ4n) is 1.88. The molecule has 0 saturated heterocycles. The molecule has 0 unspecified atom stereocenters. The lowest BCUT2D eigenvalue weighted by Crippen LogP contribution is -1.99. The summed E-state index contributed by atoms with van der Waals surface area (Å²) in [5.41, 5.74) is 1.59. The van der Waals surface area contributed by atoms with E-state index in [1.54, 1.807) is 24.3 Å². The van der Waals surface area contributed by atoms with E-state index in [4.69, 9.17) is 23.2 Å². The minimum Gasteiger partial charge on any atom is -0.262 e. The summed E-state index contributed by atoms with van der Waals surface area (Å²) in [5, 5.41) is 8.34. The lowest BCUT2D eigenvalue weighted by molar-refractivity contribution is 0.624. The van der Waals surface area contributed by atoms with Crippen molar-refractivity contribution in [2.75, 3.05) is 0 Å². The highest BCUT2D eigenvalue weighted by Gasteiger charge is 2.13. The van der Waals surface area contributed by atoms with Crippen LogP contribution >= 0.6 is 23.2 Å². The summed E-state index contributed by atoms with van der Waals surface area (Å²) < 4.78 is 15.4. The van der Waals surface area contributed by atoms with Crippen molar-refractivity contribution < 1.29 is 4.39 Å². The third-order valence-electron chi connectivity index (χ3n) is 2.73. The summed E-state index contributed by atoms with van der Waals surface area (Å²) in [4.78, 5) is 3.74. The van der Waals surface area contributed by atoms with Crippen LogP contribution in [0.4, 0.5) is 4.39 Å². The van der Waals surface area contributed by atoms with E-state index in [1.165, 1.54) is 17.1 Å². The van der Waals surface area contributed by atoms with E-state index in [9.17, 15) is 4.39 Å². The Labute approximate surface area is 123 Å². The van der Waals surface area contributed by atoms with Gasteiger partial charge in [-0.25, -0.2) is 9.07 Å². The lowest BCUT2D eigenvalue weighted by Gasteiger charge is -2.10. The second-order valence-corrected chi connectivity index (χ2v) is 4.83. The first-order chi connectivity index (χ1) is 9.65. The quantitative estimate of drug-likeness (QED) is 0.723. The second kappa shape index (κ2) is 5.19. The summed E-state index contributed by atoms with van der Waals surface area (Å²) in [6.45, 7) is 0. The molecule has 0 aliphatic carbocycles. The van der Waals surface area contributed by atoms with Crippen molar-refractivity contribution in [3.63, 3.8) is 0 Å². The topological polar surface area (TPSA) is 43.6 Å². The van der Waals surface area contributed by atoms with E-state index in [2.05, 4.69) is 15.3 Å². The summed E-state index contributed by atoms with van der Waals surface area (Å²) >= 11 is 11.8. The maximum atomic E-state index is 13.9. The first-order valence-electron chi connectivity index (χ1n) is 5.63. The van der Waals surface area contributed by atoms with Gasteiger partial charge in [-0.3, -0.25) is 4.98 Å². The molecule has 0 N–H and O–H groups in total. The van der Waals surface area contributed by atoms with Gasteiger partial charge in [0.05, 0.1) is 18.1 Å². The molecular weight excluding hydrogens is 302 g/mol. The Morgan fingerprint density at radius 2 is 1.95 bits per heavy atom. The Kier molecular flexibility index (Phi) is 3.38. The molecule has 0 radical (unpaired) electrons. The minimum atomic E-state index is -0.442. The van der Waals surface area contributed by atoms with Crippen LogP contribution < -0.4 is 0 Å². The van der Waals surface area contributed by atoms with Crippen molar-refractivity contribution in [2.24, 2.45) is 0 Å². The first kappa shape index (κ1) is 13.0. The van der Waals surface area contributed by atoms with Gasteiger partial charge in [0.25, 0.3) is 0 Å². The third-order valence-corrected chi connectivity index (χ3v) is 3.14. The molecule has 3 rings (SSSR count). The molecule has 0 amide bonds. The molecule has 0 bridgehead atoms. The van der Waals surface area contributed by atoms with E-state index in [0.29, 0.717) is 21.8 Å². The van der Waals surface area contributed by atoms with Gasteiger partial charge >= 0.3 is 0 Å². The molecule has 0 saturated carbocycles. The van der Waals surface area contributed by atoms with Crippen LogP contribution in [0.1, 0.15) is 0 Å². The maximum absolute atomic E-state index is 13.9. The zero-order valence-electron chi connectivity index (χ0n) is 9.96. The molecule has 2 aromatic heterocycles. The largest absolute Gasteiger partial charge is 0.262 e. The highest BCUT2D eigenvalue weighted by molar-refractivity contribution is 6.31. The summed E-state index contributed by atoms with van der Waals surface area (Å²) in [5.74, 6) is -0.442. The van der Waals surface area contributed by atoms with Gasteiger partial charge in [-0.2, -0.15) is 0 Å². The predicted molar refractivity (Wildman–Crippen MR) is 74.6 cm³/mol. The van der Waals surface area contributed by atoms with Gasteiger partial charge < -0.3 is 0 Å². The third kappa shape index (κ3) is 2.37. The van der Waals surface area contributed by atoms with Crippen molar-refractivity contribution in [1.82, 2.24) is 20.0 Å². The minimum absolute atomic E-state index is 0.251. The van der Waals surface area contributed by atoms with E-state index >= 15 is 0 Å². The van der Waals surface area contributed by atoms with Crippen molar-refractivity contribution in [3.05, 3.63) is 58.8 Å². The van der Waals surface area contributed by atoms with Crippen molar-refractivity contribution in [2.45, 2.75) is 0 Å². The molecule has 0 spiro atoms. The summed E-state index contributed by atoms with van der Waals surface area (Å²) in [7, 11) is 0. The number of pyridine rings is 1. The number of hydrogen-bond acceptors (Lipinski definition) is 3. The monoisotopic (exact) mass is 308 g/mol. The van der Waals surface area contributed by atoms with Gasteiger partial charge in [-0.1, -0.05) is 28.4 Å². The Morgan fingerprint density at radius 1 is 1.10 bits per heavy atom. The zero-order chi connectivity index (χ0) is 14.1. The molecule has 7 heteroatoms. The van der Waals surface area contributed by atoms with Gasteiger partial charge in [0, 0.05) is 22.3 Å². The zero-order valence-corrected chi connectivity index (χ0v) is 11.5. The summed E-state index contributed by atoms with van der Waals surface area (Å²) in [6.07, 6.45) is 4.19. The normalized spacial score (nSPS) is 10.8. The van der Waals surface area contributed by atoms with Crippen molar-refractivity contribution >= 4 is 23.2 Å². The van der Waals surface area contributed by atoms with Crippen molar-refractivity contribution in [1.29, 1.82) is 0 Å². The molecule has 0 atom stereocenters. The molecule has 3 aromatic rings. The van der Waals surface area contributed by atoms with Crippen LogP contribution in [-0.4, -0.2) is 20.0 Å². The average Bonchev–Trinajstić information content (AvgIpc) is 2.86. The molecule has 0 fully saturated rings. The Hall–Kier alpha value is -1.98. The number of hydrogen-bond donors (Lipinski definition) is 0. The smallest absolute Gasteiger partial charge is 0.171 e. The average molecular weight is 309 g/mol. The lowest BCUT2D eigenvalue weighted by atomic mass is 10.0. The standard InChI is InChI=1S/C13H7Cl2FN4/c14-8-1-2-12(20-7-13(15)18-19-20)10(5-8)9-3-4-17-6-11(9)16/h1-7H. The highest BCUT2D eigenvalue weighted by atomic mass is 35.5. The number of benzene rings is 1. The van der Waals surface area contributed by atoms with E-state index in [0.717, 1.165) is 6.20 Å². The van der Waals surface area contributed by atoms with E-state index in [-0.39, 0.29) is 5.15 Å². The van der Waals surface area contributed by atoms with Crippen LogP contribution in [0.5, 0.6) is 0 Å². The highest BCUT2D eigenvalue weighted by Crippen LogP contribution is 2.31. The SMILES string of the molecule is Fc1cnccc1-c1cc(Cl)ccc1-n1cc(Cl)nn1. The fourth-order valence-corrected chi connectivity index (χ4v) is 2.18. The van der Waals surface area contributed by atoms with Crippen LogP contribution in [0.2, 0.25) is 10.2 Å². The molecule has 1 aromatic carbocycles. The van der Waals surface area contributed by atoms with Gasteiger partial charge in [-0.05, 0) is 24.3 Å². The van der Waals surface area contributed by atoms with Gasteiger partial charge in [0.15, 0.2) is 5.15 Å². The Morgan fingerprint density at radius 3 is 2.65 bits per heavy atom. The Bertz CT molecular complexity index is 773. The number of aromatic nitrogens is 4. The van der Waals surface area contributed by atoms with Crippen LogP contribution in [0.15, 0.2) is 42.9 Å². The molecular formula is C13H7Cl2FN4. The van der Waals surface area contributed by atoms with E-state index in [1.807, 2.05) is 0 Å². The Balaban J connectivity index is 2.24. The van der Waals surface area contributed by atoms with Crippen LogP contribution in [0, 0.1) is 5.82 Å². The van der Waals surface area contributed by atoms with Crippen LogP contribution in [-0.2, 0) is 0 Å².